The summed E-state index contributed by atoms with van der Waals surface area (Å²) >= 11 is 0. The third-order valence-corrected chi connectivity index (χ3v) is 4.36. The van der Waals surface area contributed by atoms with Crippen molar-refractivity contribution in [2.45, 2.75) is 25.8 Å². The summed E-state index contributed by atoms with van der Waals surface area (Å²) < 4.78 is 10.9. The zero-order valence-electron chi connectivity index (χ0n) is 11.8. The van der Waals surface area contributed by atoms with Gasteiger partial charge in [0, 0.05) is 11.5 Å². The normalized spacial score (nSPS) is 20.7. The van der Waals surface area contributed by atoms with Crippen LogP contribution in [0.2, 0.25) is 0 Å². The van der Waals surface area contributed by atoms with Crippen LogP contribution >= 0.6 is 0 Å². The van der Waals surface area contributed by atoms with E-state index in [9.17, 15) is 5.11 Å². The highest BCUT2D eigenvalue weighted by Crippen LogP contribution is 2.57. The molecule has 0 radical (unpaired) electrons. The molecule has 1 aromatic carbocycles. The molecule has 0 bridgehead atoms. The molecule has 0 spiro atoms. The van der Waals surface area contributed by atoms with Crippen LogP contribution in [0.5, 0.6) is 11.5 Å². The number of hydrogen-bond acceptors (Lipinski definition) is 4. The lowest BCUT2D eigenvalue weighted by Crippen LogP contribution is -2.31. The number of fused-ring (bicyclic) bond motifs is 1. The van der Waals surface area contributed by atoms with E-state index in [0.29, 0.717) is 6.79 Å². The largest absolute Gasteiger partial charge is 0.454 e. The molecule has 1 aliphatic heterocycles. The smallest absolute Gasteiger partial charge is 0.231 e. The molecule has 0 aromatic heterocycles. The van der Waals surface area contributed by atoms with Gasteiger partial charge in [0.25, 0.3) is 0 Å². The van der Waals surface area contributed by atoms with Gasteiger partial charge in [0.1, 0.15) is 0 Å². The van der Waals surface area contributed by atoms with Crippen LogP contribution in [0.1, 0.15) is 30.0 Å². The third-order valence-electron chi connectivity index (χ3n) is 4.36. The van der Waals surface area contributed by atoms with Gasteiger partial charge in [0.15, 0.2) is 11.5 Å². The van der Waals surface area contributed by atoms with E-state index in [1.165, 1.54) is 11.1 Å². The van der Waals surface area contributed by atoms with Crippen molar-refractivity contribution in [2.24, 2.45) is 5.41 Å². The SMILES string of the molecule is Cc1cc2c(cc1C(N(C)C)C1(CO)CC1)OCO2. The van der Waals surface area contributed by atoms with Gasteiger partial charge in [-0.25, -0.2) is 0 Å². The van der Waals surface area contributed by atoms with Gasteiger partial charge in [-0.2, -0.15) is 0 Å². The van der Waals surface area contributed by atoms with Crippen molar-refractivity contribution < 1.29 is 14.6 Å². The van der Waals surface area contributed by atoms with Gasteiger partial charge in [0.05, 0.1) is 6.61 Å². The van der Waals surface area contributed by atoms with Crippen LogP contribution in [0.15, 0.2) is 12.1 Å². The summed E-state index contributed by atoms with van der Waals surface area (Å²) in [6, 6.07) is 4.35. The molecule has 1 aromatic rings. The molecule has 1 saturated carbocycles. The van der Waals surface area contributed by atoms with Crippen molar-refractivity contribution in [3.63, 3.8) is 0 Å². The molecule has 0 saturated heterocycles. The topological polar surface area (TPSA) is 41.9 Å². The van der Waals surface area contributed by atoms with E-state index >= 15 is 0 Å². The van der Waals surface area contributed by atoms with E-state index in [1.807, 2.05) is 6.07 Å². The fourth-order valence-electron chi connectivity index (χ4n) is 3.19. The first-order chi connectivity index (χ1) is 9.07. The lowest BCUT2D eigenvalue weighted by molar-refractivity contribution is 0.115. The summed E-state index contributed by atoms with van der Waals surface area (Å²) in [4.78, 5) is 2.20. The molecule has 1 atom stereocenters. The second kappa shape index (κ2) is 4.39. The van der Waals surface area contributed by atoms with Crippen molar-refractivity contribution in [1.82, 2.24) is 4.90 Å². The Morgan fingerprint density at radius 2 is 1.89 bits per heavy atom. The zero-order chi connectivity index (χ0) is 13.6. The number of ether oxygens (including phenoxy) is 2. The van der Waals surface area contributed by atoms with Crippen LogP contribution in [0, 0.1) is 12.3 Å². The molecule has 1 unspecified atom stereocenters. The molecule has 104 valence electrons. The Kier molecular flexibility index (Phi) is 2.95. The maximum Gasteiger partial charge on any atom is 0.231 e. The van der Waals surface area contributed by atoms with Crippen LogP contribution in [0.25, 0.3) is 0 Å². The van der Waals surface area contributed by atoms with E-state index in [0.717, 1.165) is 24.3 Å². The summed E-state index contributed by atoms with van der Waals surface area (Å²) in [5.74, 6) is 1.65. The summed E-state index contributed by atoms with van der Waals surface area (Å²) in [7, 11) is 4.15. The summed E-state index contributed by atoms with van der Waals surface area (Å²) in [5.41, 5.74) is 2.45. The minimum atomic E-state index is 0.0158. The lowest BCUT2D eigenvalue weighted by atomic mass is 9.87. The van der Waals surface area contributed by atoms with Crippen molar-refractivity contribution in [1.29, 1.82) is 0 Å². The van der Waals surface area contributed by atoms with Crippen molar-refractivity contribution in [2.75, 3.05) is 27.5 Å². The molecule has 1 aliphatic carbocycles. The van der Waals surface area contributed by atoms with Crippen LogP contribution in [0.4, 0.5) is 0 Å². The molecule has 2 aliphatic rings. The van der Waals surface area contributed by atoms with Gasteiger partial charge < -0.3 is 19.5 Å². The highest BCUT2D eigenvalue weighted by Gasteiger charge is 2.51. The Hall–Kier alpha value is -1.26. The van der Waals surface area contributed by atoms with Gasteiger partial charge in [-0.1, -0.05) is 0 Å². The monoisotopic (exact) mass is 263 g/mol. The molecule has 19 heavy (non-hydrogen) atoms. The first kappa shape index (κ1) is 12.8. The Morgan fingerprint density at radius 3 is 2.42 bits per heavy atom. The van der Waals surface area contributed by atoms with Gasteiger partial charge in [-0.3, -0.25) is 0 Å². The van der Waals surface area contributed by atoms with Gasteiger partial charge in [-0.15, -0.1) is 0 Å². The number of aliphatic hydroxyl groups is 1. The van der Waals surface area contributed by atoms with Crippen molar-refractivity contribution >= 4 is 0 Å². The third kappa shape index (κ3) is 1.99. The number of aliphatic hydroxyl groups excluding tert-OH is 1. The quantitative estimate of drug-likeness (QED) is 0.903. The maximum absolute atomic E-state index is 9.74. The fourth-order valence-corrected chi connectivity index (χ4v) is 3.19. The molecule has 4 heteroatoms. The average molecular weight is 263 g/mol. The van der Waals surface area contributed by atoms with Crippen molar-refractivity contribution in [3.05, 3.63) is 23.3 Å². The van der Waals surface area contributed by atoms with Gasteiger partial charge >= 0.3 is 0 Å². The first-order valence-corrected chi connectivity index (χ1v) is 6.75. The summed E-state index contributed by atoms with van der Waals surface area (Å²) in [6.07, 6.45) is 2.17. The van der Waals surface area contributed by atoms with E-state index in [2.05, 4.69) is 32.0 Å². The van der Waals surface area contributed by atoms with E-state index in [4.69, 9.17) is 9.47 Å². The van der Waals surface area contributed by atoms with Gasteiger partial charge in [-0.05, 0) is 57.1 Å². The molecule has 3 rings (SSSR count). The Morgan fingerprint density at radius 1 is 1.26 bits per heavy atom. The standard InChI is InChI=1S/C15H21NO3/c1-10-6-12-13(19-9-18-12)7-11(10)14(16(2)3)15(8-17)4-5-15/h6-7,14,17H,4-5,8-9H2,1-3H3. The van der Waals surface area contributed by atoms with Gasteiger partial charge in [0.2, 0.25) is 6.79 Å². The zero-order valence-corrected chi connectivity index (χ0v) is 11.8. The first-order valence-electron chi connectivity index (χ1n) is 6.75. The Balaban J connectivity index is 2.04. The van der Waals surface area contributed by atoms with Crippen molar-refractivity contribution in [3.8, 4) is 11.5 Å². The summed E-state index contributed by atoms with van der Waals surface area (Å²) in [5, 5.41) is 9.74. The number of benzene rings is 1. The molecule has 0 amide bonds. The molecular weight excluding hydrogens is 242 g/mol. The van der Waals surface area contributed by atoms with E-state index in [1.54, 1.807) is 0 Å². The number of hydrogen-bond donors (Lipinski definition) is 1. The summed E-state index contributed by atoms with van der Waals surface area (Å²) in [6.45, 7) is 2.64. The maximum atomic E-state index is 9.74. The highest BCUT2D eigenvalue weighted by molar-refractivity contribution is 5.50. The highest BCUT2D eigenvalue weighted by atomic mass is 16.7. The molecule has 1 heterocycles. The van der Waals surface area contributed by atoms with Crippen LogP contribution < -0.4 is 9.47 Å². The number of aryl methyl sites for hydroxylation is 1. The number of nitrogens with zero attached hydrogens (tertiary/aromatic N) is 1. The van der Waals surface area contributed by atoms with E-state index in [-0.39, 0.29) is 18.1 Å². The molecule has 1 N–H and O–H groups in total. The van der Waals surface area contributed by atoms with Crippen LogP contribution in [0.3, 0.4) is 0 Å². The Labute approximate surface area is 113 Å². The number of rotatable bonds is 4. The lowest BCUT2D eigenvalue weighted by Gasteiger charge is -2.33. The predicted octanol–water partition coefficient (Wildman–Crippen LogP) is 2.10. The average Bonchev–Trinajstić information content (AvgIpc) is 3.02. The van der Waals surface area contributed by atoms with E-state index < -0.39 is 0 Å². The second-order valence-corrected chi connectivity index (χ2v) is 5.95. The predicted molar refractivity (Wildman–Crippen MR) is 72.5 cm³/mol. The minimum absolute atomic E-state index is 0.0158. The van der Waals surface area contributed by atoms with Crippen LogP contribution in [-0.4, -0.2) is 37.5 Å². The molecule has 4 nitrogen and oxygen atoms in total. The fraction of sp³-hybridized carbons (Fsp3) is 0.600. The minimum Gasteiger partial charge on any atom is -0.454 e. The Bertz CT molecular complexity index is 494. The molecular formula is C15H21NO3. The van der Waals surface area contributed by atoms with Crippen LogP contribution in [-0.2, 0) is 0 Å². The second-order valence-electron chi connectivity index (χ2n) is 5.95. The molecule has 1 fully saturated rings.